The van der Waals surface area contributed by atoms with E-state index in [1.807, 2.05) is 4.90 Å². The van der Waals surface area contributed by atoms with Gasteiger partial charge in [0, 0.05) is 31.7 Å². The average molecular weight is 338 g/mol. The molecule has 132 valence electrons. The molecule has 3 unspecified atom stereocenters. The van der Waals surface area contributed by atoms with Crippen LogP contribution in [0.15, 0.2) is 18.2 Å². The maximum Gasteiger partial charge on any atom is 0.251 e. The molecule has 24 heavy (non-hydrogen) atoms. The second-order valence-corrected chi connectivity index (χ2v) is 6.19. The highest BCUT2D eigenvalue weighted by Gasteiger charge is 2.29. The van der Waals surface area contributed by atoms with Crippen LogP contribution in [0, 0.1) is 5.82 Å². The Morgan fingerprint density at radius 1 is 1.25 bits per heavy atom. The highest BCUT2D eigenvalue weighted by molar-refractivity contribution is 5.94. The van der Waals surface area contributed by atoms with Gasteiger partial charge in [0.1, 0.15) is 18.3 Å². The van der Waals surface area contributed by atoms with E-state index < -0.39 is 30.2 Å². The van der Waals surface area contributed by atoms with Gasteiger partial charge in [0.15, 0.2) is 0 Å². The van der Waals surface area contributed by atoms with Gasteiger partial charge in [-0.05, 0) is 31.0 Å². The van der Waals surface area contributed by atoms with Crippen molar-refractivity contribution < 1.29 is 19.4 Å². The molecule has 2 heterocycles. The standard InChI is InChI=1S/C16H23FN4O3/c17-11-9-10(1-3-13(11)21-7-5-18-6-8-21)15(23)19-12-2-4-14(22)20-16(12)24/h1,3,9,12,14,16,18,20,22,24H,2,4-8H2,(H,19,23). The first-order valence-electron chi connectivity index (χ1n) is 8.23. The molecule has 2 aliphatic rings. The third-order valence-corrected chi connectivity index (χ3v) is 4.48. The summed E-state index contributed by atoms with van der Waals surface area (Å²) in [5.41, 5.74) is 0.709. The third kappa shape index (κ3) is 3.84. The van der Waals surface area contributed by atoms with E-state index in [0.717, 1.165) is 26.2 Å². The molecule has 0 aromatic heterocycles. The van der Waals surface area contributed by atoms with Crippen LogP contribution >= 0.6 is 0 Å². The van der Waals surface area contributed by atoms with Crippen molar-refractivity contribution in [2.45, 2.75) is 31.3 Å². The number of amides is 1. The van der Waals surface area contributed by atoms with Crippen LogP contribution in [0.4, 0.5) is 10.1 Å². The second kappa shape index (κ2) is 7.43. The maximum atomic E-state index is 14.4. The number of halogens is 1. The van der Waals surface area contributed by atoms with E-state index in [1.165, 1.54) is 6.07 Å². The van der Waals surface area contributed by atoms with Gasteiger partial charge in [0.2, 0.25) is 0 Å². The number of carbonyl (C=O) groups excluding carboxylic acids is 1. The number of hydrogen-bond acceptors (Lipinski definition) is 6. The number of nitrogens with zero attached hydrogens (tertiary/aromatic N) is 1. The molecule has 3 rings (SSSR count). The van der Waals surface area contributed by atoms with Gasteiger partial charge in [-0.15, -0.1) is 0 Å². The van der Waals surface area contributed by atoms with Gasteiger partial charge < -0.3 is 25.7 Å². The number of carbonyl (C=O) groups is 1. The number of hydrogen-bond donors (Lipinski definition) is 5. The smallest absolute Gasteiger partial charge is 0.251 e. The van der Waals surface area contributed by atoms with Crippen LogP contribution in [0.3, 0.4) is 0 Å². The predicted molar refractivity (Wildman–Crippen MR) is 87.1 cm³/mol. The van der Waals surface area contributed by atoms with Gasteiger partial charge in [0.05, 0.1) is 11.7 Å². The van der Waals surface area contributed by atoms with E-state index in [2.05, 4.69) is 16.0 Å². The Balaban J connectivity index is 1.66. The van der Waals surface area contributed by atoms with Crippen molar-refractivity contribution in [1.29, 1.82) is 0 Å². The summed E-state index contributed by atoms with van der Waals surface area (Å²) in [6.07, 6.45) is -0.924. The quantitative estimate of drug-likeness (QED) is 0.503. The van der Waals surface area contributed by atoms with Crippen molar-refractivity contribution in [2.24, 2.45) is 0 Å². The van der Waals surface area contributed by atoms with Crippen molar-refractivity contribution in [3.8, 4) is 0 Å². The molecule has 2 fully saturated rings. The summed E-state index contributed by atoms with van der Waals surface area (Å²) in [4.78, 5) is 14.2. The minimum atomic E-state index is -1.03. The van der Waals surface area contributed by atoms with Crippen molar-refractivity contribution in [2.75, 3.05) is 31.1 Å². The highest BCUT2D eigenvalue weighted by Crippen LogP contribution is 2.21. The number of aliphatic hydroxyl groups excluding tert-OH is 2. The molecule has 0 spiro atoms. The first-order valence-corrected chi connectivity index (χ1v) is 8.23. The largest absolute Gasteiger partial charge is 0.379 e. The molecular formula is C16H23FN4O3. The van der Waals surface area contributed by atoms with Gasteiger partial charge in [-0.1, -0.05) is 0 Å². The Morgan fingerprint density at radius 2 is 2.00 bits per heavy atom. The Kier molecular flexibility index (Phi) is 5.30. The summed E-state index contributed by atoms with van der Waals surface area (Å²) in [5.74, 6) is -0.870. The normalized spacial score (nSPS) is 27.8. The molecule has 1 aromatic rings. The highest BCUT2D eigenvalue weighted by atomic mass is 19.1. The number of rotatable bonds is 3. The van der Waals surface area contributed by atoms with E-state index in [4.69, 9.17) is 0 Å². The van der Waals surface area contributed by atoms with Crippen molar-refractivity contribution in [1.82, 2.24) is 16.0 Å². The van der Waals surface area contributed by atoms with E-state index in [1.54, 1.807) is 12.1 Å². The summed E-state index contributed by atoms with van der Waals surface area (Å²) in [6, 6.07) is 3.92. The van der Waals surface area contributed by atoms with Crippen LogP contribution in [0.5, 0.6) is 0 Å². The molecule has 0 saturated carbocycles. The van der Waals surface area contributed by atoms with E-state index in [9.17, 15) is 19.4 Å². The molecular weight excluding hydrogens is 315 g/mol. The van der Waals surface area contributed by atoms with Gasteiger partial charge in [-0.25, -0.2) is 4.39 Å². The van der Waals surface area contributed by atoms with Crippen LogP contribution in [0.1, 0.15) is 23.2 Å². The minimum absolute atomic E-state index is 0.213. The zero-order valence-electron chi connectivity index (χ0n) is 13.3. The molecule has 0 radical (unpaired) electrons. The molecule has 0 aliphatic carbocycles. The van der Waals surface area contributed by atoms with Crippen LogP contribution in [-0.4, -0.2) is 60.8 Å². The first-order chi connectivity index (χ1) is 11.5. The first kappa shape index (κ1) is 17.1. The minimum Gasteiger partial charge on any atom is -0.379 e. The lowest BCUT2D eigenvalue weighted by atomic mass is 10.0. The van der Waals surface area contributed by atoms with Gasteiger partial charge in [0.25, 0.3) is 5.91 Å². The fraction of sp³-hybridized carbons (Fsp3) is 0.562. The topological polar surface area (TPSA) is 96.9 Å². The van der Waals surface area contributed by atoms with Crippen molar-refractivity contribution >= 4 is 11.6 Å². The molecule has 7 nitrogen and oxygen atoms in total. The van der Waals surface area contributed by atoms with Crippen molar-refractivity contribution in [3.63, 3.8) is 0 Å². The lowest BCUT2D eigenvalue weighted by Gasteiger charge is -2.32. The summed E-state index contributed by atoms with van der Waals surface area (Å²) in [6.45, 7) is 3.07. The SMILES string of the molecule is O=C(NC1CCC(O)NC1O)c1ccc(N2CCNCC2)c(F)c1. The summed E-state index contributed by atoms with van der Waals surface area (Å²) < 4.78 is 14.4. The molecule has 1 aromatic carbocycles. The zero-order chi connectivity index (χ0) is 17.1. The Bertz CT molecular complexity index is 595. The number of benzene rings is 1. The maximum absolute atomic E-state index is 14.4. The van der Waals surface area contributed by atoms with E-state index in [-0.39, 0.29) is 5.56 Å². The number of piperazine rings is 1. The number of aliphatic hydroxyl groups is 2. The van der Waals surface area contributed by atoms with Gasteiger partial charge >= 0.3 is 0 Å². The number of piperidine rings is 1. The summed E-state index contributed by atoms with van der Waals surface area (Å²) in [7, 11) is 0. The lowest BCUT2D eigenvalue weighted by Crippen LogP contribution is -2.56. The monoisotopic (exact) mass is 338 g/mol. The van der Waals surface area contributed by atoms with E-state index in [0.29, 0.717) is 18.5 Å². The van der Waals surface area contributed by atoms with Crippen LogP contribution < -0.4 is 20.9 Å². The van der Waals surface area contributed by atoms with Crippen LogP contribution in [-0.2, 0) is 0 Å². The molecule has 2 saturated heterocycles. The fourth-order valence-electron chi connectivity index (χ4n) is 3.11. The number of nitrogens with one attached hydrogen (secondary N) is 3. The lowest BCUT2D eigenvalue weighted by molar-refractivity contribution is -0.0161. The zero-order valence-corrected chi connectivity index (χ0v) is 13.3. The van der Waals surface area contributed by atoms with E-state index >= 15 is 0 Å². The molecule has 3 atom stereocenters. The Hall–Kier alpha value is -1.74. The van der Waals surface area contributed by atoms with Gasteiger partial charge in [-0.3, -0.25) is 10.1 Å². The van der Waals surface area contributed by atoms with Gasteiger partial charge in [-0.2, -0.15) is 0 Å². The second-order valence-electron chi connectivity index (χ2n) is 6.19. The third-order valence-electron chi connectivity index (χ3n) is 4.48. The van der Waals surface area contributed by atoms with Crippen LogP contribution in [0.2, 0.25) is 0 Å². The summed E-state index contributed by atoms with van der Waals surface area (Å²) in [5, 5.41) is 27.7. The average Bonchev–Trinajstić information content (AvgIpc) is 2.58. The molecule has 1 amide bonds. The van der Waals surface area contributed by atoms with Crippen molar-refractivity contribution in [3.05, 3.63) is 29.6 Å². The molecule has 0 bridgehead atoms. The number of anilines is 1. The Labute approximate surface area is 139 Å². The molecule has 5 N–H and O–H groups in total. The predicted octanol–water partition coefficient (Wildman–Crippen LogP) is -0.646. The molecule has 2 aliphatic heterocycles. The van der Waals surface area contributed by atoms with Crippen LogP contribution in [0.25, 0.3) is 0 Å². The Morgan fingerprint density at radius 3 is 2.67 bits per heavy atom. The summed E-state index contributed by atoms with van der Waals surface area (Å²) >= 11 is 0. The molecule has 8 heteroatoms. The fourth-order valence-corrected chi connectivity index (χ4v) is 3.11.